The summed E-state index contributed by atoms with van der Waals surface area (Å²) in [6, 6.07) is 2.10. The second kappa shape index (κ2) is 4.94. The molecule has 1 amide bonds. The van der Waals surface area contributed by atoms with Gasteiger partial charge in [-0.05, 0) is 49.2 Å². The van der Waals surface area contributed by atoms with Crippen LogP contribution in [0.15, 0.2) is 15.9 Å². The minimum Gasteiger partial charge on any atom is -0.328 e. The summed E-state index contributed by atoms with van der Waals surface area (Å²) in [5, 5.41) is 2.04. The molecule has 0 spiro atoms. The van der Waals surface area contributed by atoms with E-state index >= 15 is 0 Å². The zero-order valence-electron chi connectivity index (χ0n) is 10.9. The first kappa shape index (κ1) is 14.0. The first-order valence-electron chi connectivity index (χ1n) is 6.12. The van der Waals surface area contributed by atoms with Gasteiger partial charge in [-0.15, -0.1) is 11.3 Å². The van der Waals surface area contributed by atoms with Crippen LogP contribution in [0, 0.1) is 0 Å². The van der Waals surface area contributed by atoms with Crippen molar-refractivity contribution < 1.29 is 4.79 Å². The number of amides is 1. The molecular formula is C13H19BrN2OS. The van der Waals surface area contributed by atoms with E-state index in [4.69, 9.17) is 5.73 Å². The largest absolute Gasteiger partial charge is 0.328 e. The number of hydrogen-bond acceptors (Lipinski definition) is 3. The molecule has 1 aliphatic heterocycles. The number of halogens is 1. The third-order valence-electron chi connectivity index (χ3n) is 3.25. The van der Waals surface area contributed by atoms with Crippen LogP contribution in [0.1, 0.15) is 44.5 Å². The molecule has 2 atom stereocenters. The van der Waals surface area contributed by atoms with Crippen LogP contribution in [0.4, 0.5) is 0 Å². The monoisotopic (exact) mass is 330 g/mol. The minimum atomic E-state index is -0.198. The van der Waals surface area contributed by atoms with Crippen LogP contribution in [-0.4, -0.2) is 22.4 Å². The van der Waals surface area contributed by atoms with Crippen LogP contribution in [0.2, 0.25) is 0 Å². The number of piperidine rings is 1. The summed E-state index contributed by atoms with van der Waals surface area (Å²) in [6.07, 6.45) is 1.33. The molecular weight excluding hydrogens is 312 g/mol. The van der Waals surface area contributed by atoms with Crippen molar-refractivity contribution in [2.24, 2.45) is 5.73 Å². The SMILES string of the molecule is CC(C)(C)N1C(=O)CCC(N)C1c1cc(Br)cs1. The smallest absolute Gasteiger partial charge is 0.223 e. The molecule has 0 aliphatic carbocycles. The van der Waals surface area contributed by atoms with Gasteiger partial charge in [-0.25, -0.2) is 0 Å². The number of nitrogens with two attached hydrogens (primary N) is 1. The van der Waals surface area contributed by atoms with Gasteiger partial charge in [0.2, 0.25) is 5.91 Å². The van der Waals surface area contributed by atoms with Crippen LogP contribution >= 0.6 is 27.3 Å². The summed E-state index contributed by atoms with van der Waals surface area (Å²) in [6.45, 7) is 6.20. The lowest BCUT2D eigenvalue weighted by Crippen LogP contribution is -2.55. The maximum atomic E-state index is 12.2. The normalized spacial score (nSPS) is 25.6. The highest BCUT2D eigenvalue weighted by molar-refractivity contribution is 9.10. The first-order chi connectivity index (χ1) is 8.30. The molecule has 1 aromatic rings. The Bertz CT molecular complexity index is 452. The topological polar surface area (TPSA) is 46.3 Å². The fourth-order valence-corrected chi connectivity index (χ4v) is 4.14. The van der Waals surface area contributed by atoms with Gasteiger partial charge in [0.25, 0.3) is 0 Å². The summed E-state index contributed by atoms with van der Waals surface area (Å²) in [5.41, 5.74) is 6.07. The van der Waals surface area contributed by atoms with Gasteiger partial charge in [0.05, 0.1) is 6.04 Å². The molecule has 0 aromatic carbocycles. The first-order valence-corrected chi connectivity index (χ1v) is 7.79. The lowest BCUT2D eigenvalue weighted by atomic mass is 9.90. The predicted octanol–water partition coefficient (Wildman–Crippen LogP) is 3.30. The molecule has 0 bridgehead atoms. The Labute approximate surface area is 120 Å². The predicted molar refractivity (Wildman–Crippen MR) is 78.6 cm³/mol. The highest BCUT2D eigenvalue weighted by atomic mass is 79.9. The van der Waals surface area contributed by atoms with Gasteiger partial charge in [0, 0.05) is 32.7 Å². The molecule has 1 saturated heterocycles. The molecule has 1 aromatic heterocycles. The number of carbonyl (C=O) groups excluding carboxylic acids is 1. The van der Waals surface area contributed by atoms with Gasteiger partial charge >= 0.3 is 0 Å². The van der Waals surface area contributed by atoms with Crippen molar-refractivity contribution >= 4 is 33.2 Å². The summed E-state index contributed by atoms with van der Waals surface area (Å²) in [7, 11) is 0. The fraction of sp³-hybridized carbons (Fsp3) is 0.615. The van der Waals surface area contributed by atoms with Crippen LogP contribution in [0.5, 0.6) is 0 Å². The molecule has 1 aliphatic rings. The second-order valence-corrected chi connectivity index (χ2v) is 7.61. The van der Waals surface area contributed by atoms with Crippen molar-refractivity contribution in [2.75, 3.05) is 0 Å². The van der Waals surface area contributed by atoms with Crippen molar-refractivity contribution in [1.29, 1.82) is 0 Å². The van der Waals surface area contributed by atoms with E-state index in [1.807, 2.05) is 10.3 Å². The summed E-state index contributed by atoms with van der Waals surface area (Å²) >= 11 is 5.13. The Kier molecular flexibility index (Phi) is 3.85. The average molecular weight is 331 g/mol. The Morgan fingerprint density at radius 3 is 2.67 bits per heavy atom. The van der Waals surface area contributed by atoms with E-state index in [-0.39, 0.29) is 23.5 Å². The summed E-state index contributed by atoms with van der Waals surface area (Å²) in [5.74, 6) is 0.207. The standard InChI is InChI=1S/C13H19BrN2OS/c1-13(2,3)16-11(17)5-4-9(15)12(16)10-6-8(14)7-18-10/h6-7,9,12H,4-5,15H2,1-3H3. The fourth-order valence-electron chi connectivity index (χ4n) is 2.53. The summed E-state index contributed by atoms with van der Waals surface area (Å²) in [4.78, 5) is 15.4. The van der Waals surface area contributed by atoms with Gasteiger partial charge in [-0.3, -0.25) is 4.79 Å². The van der Waals surface area contributed by atoms with Gasteiger partial charge in [-0.2, -0.15) is 0 Å². The van der Waals surface area contributed by atoms with Crippen molar-refractivity contribution in [3.05, 3.63) is 20.8 Å². The van der Waals surface area contributed by atoms with Gasteiger partial charge in [-0.1, -0.05) is 0 Å². The number of nitrogens with zero attached hydrogens (tertiary/aromatic N) is 1. The van der Waals surface area contributed by atoms with E-state index < -0.39 is 0 Å². The van der Waals surface area contributed by atoms with Crippen LogP contribution in [0.25, 0.3) is 0 Å². The number of rotatable bonds is 1. The van der Waals surface area contributed by atoms with Crippen LogP contribution in [0.3, 0.4) is 0 Å². The highest BCUT2D eigenvalue weighted by Gasteiger charge is 2.41. The Morgan fingerprint density at radius 1 is 1.50 bits per heavy atom. The number of thiophene rings is 1. The maximum Gasteiger partial charge on any atom is 0.223 e. The minimum absolute atomic E-state index is 0.00236. The Balaban J connectivity index is 2.41. The number of carbonyl (C=O) groups is 1. The molecule has 1 fully saturated rings. The Hall–Kier alpha value is -0.390. The zero-order chi connectivity index (χ0) is 13.5. The second-order valence-electron chi connectivity index (χ2n) is 5.75. The van der Waals surface area contributed by atoms with Gasteiger partial charge < -0.3 is 10.6 Å². The molecule has 3 nitrogen and oxygen atoms in total. The van der Waals surface area contributed by atoms with E-state index in [2.05, 4.69) is 42.8 Å². The van der Waals surface area contributed by atoms with Gasteiger partial charge in [0.15, 0.2) is 0 Å². The lowest BCUT2D eigenvalue weighted by molar-refractivity contribution is -0.143. The Morgan fingerprint density at radius 2 is 2.17 bits per heavy atom. The van der Waals surface area contributed by atoms with Crippen LogP contribution in [-0.2, 0) is 4.79 Å². The van der Waals surface area contributed by atoms with Crippen molar-refractivity contribution in [3.63, 3.8) is 0 Å². The molecule has 5 heteroatoms. The molecule has 0 saturated carbocycles. The molecule has 2 rings (SSSR count). The maximum absolute atomic E-state index is 12.2. The molecule has 2 N–H and O–H groups in total. The third-order valence-corrected chi connectivity index (χ3v) is 5.01. The van der Waals surface area contributed by atoms with Gasteiger partial charge in [0.1, 0.15) is 0 Å². The molecule has 2 unspecified atom stereocenters. The quantitative estimate of drug-likeness (QED) is 0.858. The van der Waals surface area contributed by atoms with E-state index in [0.717, 1.165) is 15.8 Å². The van der Waals surface area contributed by atoms with E-state index in [9.17, 15) is 4.79 Å². The van der Waals surface area contributed by atoms with Crippen molar-refractivity contribution in [2.45, 2.75) is 51.2 Å². The summed E-state index contributed by atoms with van der Waals surface area (Å²) < 4.78 is 1.06. The number of hydrogen-bond donors (Lipinski definition) is 1. The van der Waals surface area contributed by atoms with E-state index in [1.165, 1.54) is 0 Å². The van der Waals surface area contributed by atoms with Crippen LogP contribution < -0.4 is 5.73 Å². The number of likely N-dealkylation sites (tertiary alicyclic amines) is 1. The van der Waals surface area contributed by atoms with Crippen molar-refractivity contribution in [1.82, 2.24) is 4.90 Å². The molecule has 100 valence electrons. The lowest BCUT2D eigenvalue weighted by Gasteiger charge is -2.46. The highest BCUT2D eigenvalue weighted by Crippen LogP contribution is 2.39. The van der Waals surface area contributed by atoms with E-state index in [0.29, 0.717) is 6.42 Å². The average Bonchev–Trinajstić information content (AvgIpc) is 2.66. The zero-order valence-corrected chi connectivity index (χ0v) is 13.3. The molecule has 2 heterocycles. The third kappa shape index (κ3) is 2.63. The molecule has 0 radical (unpaired) electrons. The van der Waals surface area contributed by atoms with E-state index in [1.54, 1.807) is 11.3 Å². The van der Waals surface area contributed by atoms with Crippen molar-refractivity contribution in [3.8, 4) is 0 Å². The molecule has 18 heavy (non-hydrogen) atoms.